The molecule has 33 heavy (non-hydrogen) atoms. The van der Waals surface area contributed by atoms with E-state index in [2.05, 4.69) is 41.5 Å². The van der Waals surface area contributed by atoms with Gasteiger partial charge in [0.2, 0.25) is 0 Å². The number of carbonyl (C=O) groups excluding carboxylic acids is 3. The molecular formula is C29H39NO3. The zero-order chi connectivity index (χ0) is 24.0. The van der Waals surface area contributed by atoms with Gasteiger partial charge in [0.15, 0.2) is 0 Å². The maximum atomic E-state index is 13.7. The molecule has 0 aliphatic heterocycles. The molecule has 5 rings (SSSR count). The topological polar surface area (TPSA) is 54.5 Å². The fourth-order valence-corrected chi connectivity index (χ4v) is 8.45. The van der Waals surface area contributed by atoms with Crippen LogP contribution in [-0.2, 0) is 9.59 Å². The first-order chi connectivity index (χ1) is 15.4. The van der Waals surface area contributed by atoms with Gasteiger partial charge in [-0.3, -0.25) is 14.4 Å². The van der Waals surface area contributed by atoms with E-state index in [0.29, 0.717) is 42.1 Å². The Hall–Kier alpha value is -1.97. The van der Waals surface area contributed by atoms with Crippen LogP contribution in [0.2, 0.25) is 0 Å². The first kappa shape index (κ1) is 22.8. The summed E-state index contributed by atoms with van der Waals surface area (Å²) in [5, 5.41) is 0. The lowest BCUT2D eigenvalue weighted by Crippen LogP contribution is -2.46. The van der Waals surface area contributed by atoms with Gasteiger partial charge in [-0.1, -0.05) is 59.7 Å². The molecule has 0 spiro atoms. The summed E-state index contributed by atoms with van der Waals surface area (Å²) in [5.74, 6) is 0.916. The molecule has 1 aromatic carbocycles. The fraction of sp³-hybridized carbons (Fsp3) is 0.690. The molecular weight excluding hydrogens is 410 g/mol. The Morgan fingerprint density at radius 2 is 1.21 bits per heavy atom. The Kier molecular flexibility index (Phi) is 4.85. The summed E-state index contributed by atoms with van der Waals surface area (Å²) >= 11 is 0. The summed E-state index contributed by atoms with van der Waals surface area (Å²) < 4.78 is 0. The molecule has 0 aromatic heterocycles. The van der Waals surface area contributed by atoms with Crippen molar-refractivity contribution in [2.75, 3.05) is 13.1 Å². The van der Waals surface area contributed by atoms with Crippen LogP contribution in [0.15, 0.2) is 30.3 Å². The maximum absolute atomic E-state index is 13.7. The van der Waals surface area contributed by atoms with Crippen LogP contribution in [0.25, 0.3) is 0 Å². The van der Waals surface area contributed by atoms with Crippen LogP contribution in [0.4, 0.5) is 0 Å². The number of Topliss-reactive ketones (excluding diaryl/α,β-unsaturated/α-hetero) is 2. The first-order valence-electron chi connectivity index (χ1n) is 12.8. The Labute approximate surface area is 198 Å². The van der Waals surface area contributed by atoms with Crippen molar-refractivity contribution in [3.63, 3.8) is 0 Å². The molecule has 4 nitrogen and oxygen atoms in total. The molecule has 4 saturated carbocycles. The van der Waals surface area contributed by atoms with E-state index in [1.165, 1.54) is 0 Å². The van der Waals surface area contributed by atoms with Crippen LogP contribution >= 0.6 is 0 Å². The van der Waals surface area contributed by atoms with Gasteiger partial charge in [-0.15, -0.1) is 0 Å². The minimum Gasteiger partial charge on any atom is -0.337 e. The summed E-state index contributed by atoms with van der Waals surface area (Å²) in [6.45, 7) is 14.0. The Balaban J connectivity index is 1.46. The van der Waals surface area contributed by atoms with E-state index >= 15 is 0 Å². The van der Waals surface area contributed by atoms with E-state index in [9.17, 15) is 14.4 Å². The van der Waals surface area contributed by atoms with Crippen LogP contribution in [-0.4, -0.2) is 35.5 Å². The third kappa shape index (κ3) is 2.79. The highest BCUT2D eigenvalue weighted by molar-refractivity contribution is 5.97. The molecule has 0 unspecified atom stereocenters. The minimum atomic E-state index is -0.304. The van der Waals surface area contributed by atoms with Crippen molar-refractivity contribution in [2.45, 2.75) is 67.2 Å². The third-order valence-corrected chi connectivity index (χ3v) is 11.5. The van der Waals surface area contributed by atoms with Crippen LogP contribution in [0.5, 0.6) is 0 Å². The highest BCUT2D eigenvalue weighted by atomic mass is 16.2. The van der Waals surface area contributed by atoms with Crippen molar-refractivity contribution in [2.24, 2.45) is 45.3 Å². The zero-order valence-electron chi connectivity index (χ0n) is 21.1. The van der Waals surface area contributed by atoms with Crippen molar-refractivity contribution in [3.8, 4) is 0 Å². The van der Waals surface area contributed by atoms with Crippen molar-refractivity contribution in [1.29, 1.82) is 0 Å². The molecule has 1 amide bonds. The lowest BCUT2D eigenvalue weighted by Gasteiger charge is -2.34. The van der Waals surface area contributed by atoms with Crippen molar-refractivity contribution in [1.82, 2.24) is 4.90 Å². The normalized spacial score (nSPS) is 39.9. The van der Waals surface area contributed by atoms with Gasteiger partial charge < -0.3 is 4.90 Å². The molecule has 0 saturated heterocycles. The second-order valence-electron chi connectivity index (χ2n) is 12.9. The molecule has 4 fully saturated rings. The van der Waals surface area contributed by atoms with E-state index in [1.54, 1.807) is 0 Å². The SMILES string of the molecule is CC1(C)[C@@H]2CC[C@@]1(C)C(=O)[C@@H]2CN(C[C@H]1C(=O)[C@]2(C)CC[C@@H]1C2(C)C)C(=O)c1ccccc1. The number of rotatable bonds is 5. The number of fused-ring (bicyclic) bond motifs is 4. The highest BCUT2D eigenvalue weighted by Gasteiger charge is 2.68. The smallest absolute Gasteiger partial charge is 0.253 e. The fourth-order valence-electron chi connectivity index (χ4n) is 8.45. The molecule has 6 atom stereocenters. The number of benzene rings is 1. The molecule has 0 radical (unpaired) electrons. The van der Waals surface area contributed by atoms with Crippen LogP contribution in [0.3, 0.4) is 0 Å². The van der Waals surface area contributed by atoms with Gasteiger partial charge in [-0.2, -0.15) is 0 Å². The van der Waals surface area contributed by atoms with Gasteiger partial charge in [-0.05, 0) is 60.5 Å². The Morgan fingerprint density at radius 3 is 1.58 bits per heavy atom. The molecule has 4 heteroatoms. The number of hydrogen-bond acceptors (Lipinski definition) is 3. The number of hydrogen-bond donors (Lipinski definition) is 0. The number of nitrogens with zero attached hydrogens (tertiary/aromatic N) is 1. The van der Waals surface area contributed by atoms with E-state index in [4.69, 9.17) is 0 Å². The van der Waals surface area contributed by atoms with Crippen LogP contribution in [0, 0.1) is 45.3 Å². The second-order valence-corrected chi connectivity index (χ2v) is 12.9. The Bertz CT molecular complexity index is 955. The molecule has 0 heterocycles. The maximum Gasteiger partial charge on any atom is 0.253 e. The van der Waals surface area contributed by atoms with Crippen LogP contribution < -0.4 is 0 Å². The van der Waals surface area contributed by atoms with Gasteiger partial charge in [0.1, 0.15) is 11.6 Å². The van der Waals surface area contributed by atoms with Crippen molar-refractivity contribution in [3.05, 3.63) is 35.9 Å². The van der Waals surface area contributed by atoms with Gasteiger partial charge in [0.25, 0.3) is 5.91 Å². The first-order valence-corrected chi connectivity index (χ1v) is 12.8. The predicted molar refractivity (Wildman–Crippen MR) is 129 cm³/mol. The lowest BCUT2D eigenvalue weighted by molar-refractivity contribution is -0.132. The molecule has 0 N–H and O–H groups in total. The van der Waals surface area contributed by atoms with E-state index in [-0.39, 0.29) is 39.4 Å². The molecule has 4 aliphatic rings. The van der Waals surface area contributed by atoms with Crippen LogP contribution in [0.1, 0.15) is 77.6 Å². The molecule has 4 bridgehead atoms. The summed E-state index contributed by atoms with van der Waals surface area (Å²) in [6.07, 6.45) is 3.98. The summed E-state index contributed by atoms with van der Waals surface area (Å²) in [4.78, 5) is 42.8. The van der Waals surface area contributed by atoms with Gasteiger partial charge in [0.05, 0.1) is 0 Å². The molecule has 1 aromatic rings. The monoisotopic (exact) mass is 449 g/mol. The van der Waals surface area contributed by atoms with Gasteiger partial charge in [-0.25, -0.2) is 0 Å². The molecule has 4 aliphatic carbocycles. The third-order valence-electron chi connectivity index (χ3n) is 11.5. The quantitative estimate of drug-likeness (QED) is 0.604. The second kappa shape index (κ2) is 7.02. The largest absolute Gasteiger partial charge is 0.337 e. The predicted octanol–water partition coefficient (Wildman–Crippen LogP) is 5.41. The summed E-state index contributed by atoms with van der Waals surface area (Å²) in [7, 11) is 0. The van der Waals surface area contributed by atoms with E-state index in [0.717, 1.165) is 25.7 Å². The summed E-state index contributed by atoms with van der Waals surface area (Å²) in [6, 6.07) is 9.36. The lowest BCUT2D eigenvalue weighted by atomic mass is 9.70. The average molecular weight is 450 g/mol. The molecule has 178 valence electrons. The number of carbonyl (C=O) groups is 3. The van der Waals surface area contributed by atoms with Gasteiger partial charge >= 0.3 is 0 Å². The van der Waals surface area contributed by atoms with E-state index < -0.39 is 0 Å². The van der Waals surface area contributed by atoms with E-state index in [1.807, 2.05) is 35.2 Å². The zero-order valence-corrected chi connectivity index (χ0v) is 21.1. The standard InChI is InChI=1S/C29H39NO3/c1-26(2)21-12-14-28(26,5)23(31)19(21)16-30(25(33)18-10-8-7-9-11-18)17-20-22-13-15-29(6,24(20)32)27(22,3)4/h7-11,19-22H,12-17H2,1-6H3/t19-,20-,21-,22+,28+,29+/m1/s1. The Morgan fingerprint density at radius 1 is 0.788 bits per heavy atom. The minimum absolute atomic E-state index is 0.0477. The van der Waals surface area contributed by atoms with Gasteiger partial charge in [0, 0.05) is 41.3 Å². The number of amides is 1. The highest BCUT2D eigenvalue weighted by Crippen LogP contribution is 2.67. The number of ketones is 2. The average Bonchev–Trinajstić information content (AvgIpc) is 3.26. The van der Waals surface area contributed by atoms with Crippen molar-refractivity contribution >= 4 is 17.5 Å². The summed E-state index contributed by atoms with van der Waals surface area (Å²) in [5.41, 5.74) is -0.0649. The van der Waals surface area contributed by atoms with Crippen molar-refractivity contribution < 1.29 is 14.4 Å².